The summed E-state index contributed by atoms with van der Waals surface area (Å²) in [5, 5.41) is 8.06. The zero-order chi connectivity index (χ0) is 14.9. The molecule has 2 aliphatic rings. The minimum absolute atomic E-state index is 0.0552. The highest BCUT2D eigenvalue weighted by Crippen LogP contribution is 2.38. The van der Waals surface area contributed by atoms with Gasteiger partial charge in [-0.25, -0.2) is 0 Å². The van der Waals surface area contributed by atoms with Crippen molar-refractivity contribution in [3.05, 3.63) is 17.0 Å². The molecule has 5 nitrogen and oxygen atoms in total. The summed E-state index contributed by atoms with van der Waals surface area (Å²) in [7, 11) is 2.00. The Morgan fingerprint density at radius 3 is 2.95 bits per heavy atom. The maximum atomic E-state index is 6.04. The molecule has 0 bridgehead atoms. The van der Waals surface area contributed by atoms with Gasteiger partial charge in [-0.3, -0.25) is 4.68 Å². The molecule has 2 aliphatic heterocycles. The van der Waals surface area contributed by atoms with Gasteiger partial charge >= 0.3 is 0 Å². The van der Waals surface area contributed by atoms with Crippen LogP contribution in [0.25, 0.3) is 0 Å². The van der Waals surface area contributed by atoms with Crippen molar-refractivity contribution in [3.63, 3.8) is 0 Å². The van der Waals surface area contributed by atoms with Crippen molar-refractivity contribution in [1.29, 1.82) is 0 Å². The van der Waals surface area contributed by atoms with Gasteiger partial charge in [0.15, 0.2) is 0 Å². The van der Waals surface area contributed by atoms with E-state index in [1.54, 1.807) is 0 Å². The predicted octanol–water partition coefficient (Wildman–Crippen LogP) is 1.77. The van der Waals surface area contributed by atoms with Crippen LogP contribution >= 0.6 is 0 Å². The summed E-state index contributed by atoms with van der Waals surface area (Å²) in [5.41, 5.74) is 3.84. The van der Waals surface area contributed by atoms with Gasteiger partial charge in [0.25, 0.3) is 0 Å². The highest BCUT2D eigenvalue weighted by Gasteiger charge is 2.42. The van der Waals surface area contributed by atoms with Gasteiger partial charge in [0, 0.05) is 31.7 Å². The van der Waals surface area contributed by atoms with Crippen LogP contribution in [0.5, 0.6) is 0 Å². The molecule has 1 N–H and O–H groups in total. The smallest absolute Gasteiger partial charge is 0.0957 e. The highest BCUT2D eigenvalue weighted by atomic mass is 16.6. The first-order chi connectivity index (χ1) is 10.2. The van der Waals surface area contributed by atoms with Crippen molar-refractivity contribution in [1.82, 2.24) is 15.1 Å². The second kappa shape index (κ2) is 6.07. The lowest BCUT2D eigenvalue weighted by Gasteiger charge is -2.37. The fourth-order valence-corrected chi connectivity index (χ4v) is 3.74. The number of hydrogen-bond donors (Lipinski definition) is 1. The van der Waals surface area contributed by atoms with Crippen molar-refractivity contribution in [2.45, 2.75) is 51.2 Å². The van der Waals surface area contributed by atoms with Crippen molar-refractivity contribution >= 4 is 0 Å². The summed E-state index contributed by atoms with van der Waals surface area (Å²) in [4.78, 5) is 0. The van der Waals surface area contributed by atoms with Crippen LogP contribution in [0.3, 0.4) is 0 Å². The fraction of sp³-hybridized carbons (Fsp3) is 0.812. The van der Waals surface area contributed by atoms with Gasteiger partial charge in [0.05, 0.1) is 23.9 Å². The van der Waals surface area contributed by atoms with E-state index in [4.69, 9.17) is 14.6 Å². The lowest BCUT2D eigenvalue weighted by atomic mass is 9.89. The van der Waals surface area contributed by atoms with Crippen LogP contribution in [-0.2, 0) is 15.9 Å². The highest BCUT2D eigenvalue weighted by molar-refractivity contribution is 5.25. The van der Waals surface area contributed by atoms with E-state index in [0.29, 0.717) is 6.04 Å². The van der Waals surface area contributed by atoms with Gasteiger partial charge in [0.1, 0.15) is 0 Å². The summed E-state index contributed by atoms with van der Waals surface area (Å²) in [5.74, 6) is 0. The number of hydrogen-bond acceptors (Lipinski definition) is 4. The Hall–Kier alpha value is -0.910. The topological polar surface area (TPSA) is 48.3 Å². The minimum atomic E-state index is -0.0552. The number of ether oxygens (including phenoxy) is 2. The van der Waals surface area contributed by atoms with Gasteiger partial charge in [-0.05, 0) is 45.8 Å². The van der Waals surface area contributed by atoms with E-state index >= 15 is 0 Å². The van der Waals surface area contributed by atoms with E-state index in [1.807, 2.05) is 7.05 Å². The molecular weight excluding hydrogens is 266 g/mol. The number of aryl methyl sites for hydroxylation is 1. The Morgan fingerprint density at radius 1 is 1.38 bits per heavy atom. The number of aromatic nitrogens is 2. The van der Waals surface area contributed by atoms with Crippen molar-refractivity contribution in [3.8, 4) is 0 Å². The van der Waals surface area contributed by atoms with E-state index < -0.39 is 0 Å². The number of nitrogens with zero attached hydrogens (tertiary/aromatic N) is 2. The molecule has 3 heterocycles. The maximum absolute atomic E-state index is 6.04. The quantitative estimate of drug-likeness (QED) is 0.919. The van der Waals surface area contributed by atoms with Gasteiger partial charge in [0.2, 0.25) is 0 Å². The monoisotopic (exact) mass is 293 g/mol. The number of likely N-dealkylation sites (N-methyl/N-ethyl adjacent to an activating group) is 1. The molecule has 0 saturated carbocycles. The third kappa shape index (κ3) is 2.87. The Bertz CT molecular complexity index is 492. The second-order valence-corrected chi connectivity index (χ2v) is 6.43. The molecular formula is C16H27N3O2. The van der Waals surface area contributed by atoms with Crippen molar-refractivity contribution in [2.24, 2.45) is 0 Å². The summed E-state index contributed by atoms with van der Waals surface area (Å²) >= 11 is 0. The molecule has 2 unspecified atom stereocenters. The maximum Gasteiger partial charge on any atom is 0.0957 e. The molecule has 2 fully saturated rings. The van der Waals surface area contributed by atoms with Crippen LogP contribution in [-0.4, -0.2) is 48.8 Å². The standard InChI is InChI=1S/C16H27N3O2/c1-12-15(4-7-17-3)13(2)19(18-12)14-5-8-21-16(10-14)6-9-20-11-16/h14,17H,4-11H2,1-3H3. The average Bonchev–Trinajstić information content (AvgIpc) is 3.03. The second-order valence-electron chi connectivity index (χ2n) is 6.43. The molecule has 3 rings (SSSR count). The molecule has 118 valence electrons. The van der Waals surface area contributed by atoms with Crippen LogP contribution in [0.4, 0.5) is 0 Å². The van der Waals surface area contributed by atoms with Gasteiger partial charge < -0.3 is 14.8 Å². The van der Waals surface area contributed by atoms with Crippen molar-refractivity contribution in [2.75, 3.05) is 33.4 Å². The van der Waals surface area contributed by atoms with E-state index in [2.05, 4.69) is 23.8 Å². The number of rotatable bonds is 4. The SMILES string of the molecule is CNCCc1c(C)nn(C2CCOC3(CCOC3)C2)c1C. The molecule has 0 aromatic carbocycles. The third-order valence-electron chi connectivity index (χ3n) is 4.98. The van der Waals surface area contributed by atoms with Crippen LogP contribution < -0.4 is 5.32 Å². The predicted molar refractivity (Wildman–Crippen MR) is 81.7 cm³/mol. The Labute approximate surface area is 127 Å². The zero-order valence-corrected chi connectivity index (χ0v) is 13.4. The zero-order valence-electron chi connectivity index (χ0n) is 13.4. The van der Waals surface area contributed by atoms with Crippen LogP contribution in [0, 0.1) is 13.8 Å². The van der Waals surface area contributed by atoms with Gasteiger partial charge in [-0.1, -0.05) is 0 Å². The van der Waals surface area contributed by atoms with E-state index in [1.165, 1.54) is 17.0 Å². The Kier molecular flexibility index (Phi) is 4.33. The lowest BCUT2D eigenvalue weighted by molar-refractivity contribution is -0.0965. The fourth-order valence-electron chi connectivity index (χ4n) is 3.74. The molecule has 1 spiro atoms. The molecule has 5 heteroatoms. The minimum Gasteiger partial charge on any atom is -0.378 e. The summed E-state index contributed by atoms with van der Waals surface area (Å²) in [6.45, 7) is 7.73. The van der Waals surface area contributed by atoms with Crippen LogP contribution in [0.2, 0.25) is 0 Å². The molecule has 2 saturated heterocycles. The first kappa shape index (κ1) is 15.0. The van der Waals surface area contributed by atoms with Crippen molar-refractivity contribution < 1.29 is 9.47 Å². The average molecular weight is 293 g/mol. The Morgan fingerprint density at radius 2 is 2.24 bits per heavy atom. The molecule has 1 aromatic rings. The molecule has 0 amide bonds. The molecule has 21 heavy (non-hydrogen) atoms. The lowest BCUT2D eigenvalue weighted by Crippen LogP contribution is -2.41. The van der Waals surface area contributed by atoms with Crippen LogP contribution in [0.15, 0.2) is 0 Å². The van der Waals surface area contributed by atoms with Crippen LogP contribution in [0.1, 0.15) is 42.3 Å². The summed E-state index contributed by atoms with van der Waals surface area (Å²) in [6.07, 6.45) is 4.15. The van der Waals surface area contributed by atoms with Gasteiger partial charge in [-0.2, -0.15) is 5.10 Å². The van der Waals surface area contributed by atoms with E-state index in [9.17, 15) is 0 Å². The van der Waals surface area contributed by atoms with E-state index in [0.717, 1.165) is 52.0 Å². The number of nitrogens with one attached hydrogen (secondary N) is 1. The third-order valence-corrected chi connectivity index (χ3v) is 4.98. The molecule has 1 aromatic heterocycles. The molecule has 0 aliphatic carbocycles. The first-order valence-corrected chi connectivity index (χ1v) is 8.06. The normalized spacial score (nSPS) is 29.4. The summed E-state index contributed by atoms with van der Waals surface area (Å²) in [6, 6.07) is 0.447. The largest absolute Gasteiger partial charge is 0.378 e. The van der Waals surface area contributed by atoms with Gasteiger partial charge in [-0.15, -0.1) is 0 Å². The Balaban J connectivity index is 1.80. The molecule has 2 atom stereocenters. The first-order valence-electron chi connectivity index (χ1n) is 8.06. The molecule has 0 radical (unpaired) electrons. The summed E-state index contributed by atoms with van der Waals surface area (Å²) < 4.78 is 13.9. The van der Waals surface area contributed by atoms with E-state index in [-0.39, 0.29) is 5.60 Å².